The molecule has 0 aliphatic heterocycles. The molecule has 0 unspecified atom stereocenters. The zero-order valence-corrected chi connectivity index (χ0v) is 16.1. The summed E-state index contributed by atoms with van der Waals surface area (Å²) in [5.41, 5.74) is 1.24. The van der Waals surface area contributed by atoms with Crippen LogP contribution >= 0.6 is 0 Å². The van der Waals surface area contributed by atoms with Crippen molar-refractivity contribution in [2.45, 2.75) is 11.8 Å². The van der Waals surface area contributed by atoms with Crippen LogP contribution in [0.3, 0.4) is 0 Å². The first kappa shape index (κ1) is 19.4. The molecule has 0 aliphatic rings. The number of benzene rings is 2. The van der Waals surface area contributed by atoms with E-state index in [4.69, 9.17) is 9.47 Å². The van der Waals surface area contributed by atoms with E-state index in [0.717, 1.165) is 0 Å². The zero-order valence-electron chi connectivity index (χ0n) is 15.3. The summed E-state index contributed by atoms with van der Waals surface area (Å²) < 4.78 is 39.3. The number of hydrogen-bond acceptors (Lipinski definition) is 6. The Morgan fingerprint density at radius 2 is 1.82 bits per heavy atom. The number of methoxy groups -OCH3 is 1. The van der Waals surface area contributed by atoms with Crippen molar-refractivity contribution < 1.29 is 22.7 Å². The van der Waals surface area contributed by atoms with Crippen molar-refractivity contribution in [2.24, 2.45) is 0 Å². The minimum atomic E-state index is -3.81. The van der Waals surface area contributed by atoms with Gasteiger partial charge in [-0.1, -0.05) is 12.1 Å². The first-order valence-corrected chi connectivity index (χ1v) is 9.92. The second-order valence-electron chi connectivity index (χ2n) is 5.67. The topological polar surface area (TPSA) is 99.5 Å². The van der Waals surface area contributed by atoms with Crippen molar-refractivity contribution in [3.05, 3.63) is 66.5 Å². The van der Waals surface area contributed by atoms with Gasteiger partial charge in [0.25, 0.3) is 10.0 Å². The van der Waals surface area contributed by atoms with Crippen molar-refractivity contribution >= 4 is 21.7 Å². The highest BCUT2D eigenvalue weighted by atomic mass is 32.2. The summed E-state index contributed by atoms with van der Waals surface area (Å²) in [6, 6.07) is 14.5. The van der Waals surface area contributed by atoms with Gasteiger partial charge in [-0.25, -0.2) is 17.9 Å². The van der Waals surface area contributed by atoms with Crippen LogP contribution in [0.4, 0.5) is 5.69 Å². The monoisotopic (exact) mass is 401 g/mol. The number of rotatable bonds is 7. The van der Waals surface area contributed by atoms with Gasteiger partial charge in [0.1, 0.15) is 10.6 Å². The molecule has 0 spiro atoms. The van der Waals surface area contributed by atoms with Gasteiger partial charge in [-0.05, 0) is 49.4 Å². The molecule has 0 saturated carbocycles. The summed E-state index contributed by atoms with van der Waals surface area (Å²) in [6.07, 6.45) is 1.63. The van der Waals surface area contributed by atoms with Gasteiger partial charge in [-0.3, -0.25) is 4.72 Å². The molecule has 0 atom stereocenters. The molecule has 8 nitrogen and oxygen atoms in total. The fourth-order valence-electron chi connectivity index (χ4n) is 2.51. The van der Waals surface area contributed by atoms with Crippen molar-refractivity contribution in [2.75, 3.05) is 18.4 Å². The summed E-state index contributed by atoms with van der Waals surface area (Å²) >= 11 is 0. The number of esters is 1. The average Bonchev–Trinajstić information content (AvgIpc) is 3.19. The molecule has 0 saturated heterocycles. The number of hydrogen-bond donors (Lipinski definition) is 1. The first-order valence-electron chi connectivity index (χ1n) is 8.43. The van der Waals surface area contributed by atoms with Crippen molar-refractivity contribution in [1.82, 2.24) is 9.78 Å². The predicted molar refractivity (Wildman–Crippen MR) is 103 cm³/mol. The normalized spacial score (nSPS) is 11.1. The lowest BCUT2D eigenvalue weighted by atomic mass is 10.3. The van der Waals surface area contributed by atoms with Crippen molar-refractivity contribution in [1.29, 1.82) is 0 Å². The fourth-order valence-corrected chi connectivity index (χ4v) is 3.75. The largest absolute Gasteiger partial charge is 0.495 e. The number of nitrogens with one attached hydrogen (secondary N) is 1. The second-order valence-corrected chi connectivity index (χ2v) is 7.32. The third kappa shape index (κ3) is 4.15. The highest BCUT2D eigenvalue weighted by Gasteiger charge is 2.19. The van der Waals surface area contributed by atoms with Gasteiger partial charge in [0.05, 0.1) is 19.4 Å². The molecule has 146 valence electrons. The molecule has 3 rings (SSSR count). The minimum absolute atomic E-state index is 0.0488. The molecular weight excluding hydrogens is 382 g/mol. The summed E-state index contributed by atoms with van der Waals surface area (Å²) in [7, 11) is -2.39. The van der Waals surface area contributed by atoms with Crippen LogP contribution in [-0.4, -0.2) is 37.9 Å². The molecule has 0 radical (unpaired) electrons. The number of para-hydroxylation sites is 1. The van der Waals surface area contributed by atoms with Crippen LogP contribution in [0.25, 0.3) is 5.69 Å². The van der Waals surface area contributed by atoms with Gasteiger partial charge in [0, 0.05) is 11.9 Å². The molecule has 2 aromatic carbocycles. The third-order valence-electron chi connectivity index (χ3n) is 3.82. The van der Waals surface area contributed by atoms with E-state index in [-0.39, 0.29) is 22.9 Å². The van der Waals surface area contributed by atoms with E-state index in [1.807, 2.05) is 0 Å². The van der Waals surface area contributed by atoms with E-state index in [1.54, 1.807) is 61.7 Å². The van der Waals surface area contributed by atoms with Crippen molar-refractivity contribution in [3.8, 4) is 11.4 Å². The Morgan fingerprint density at radius 1 is 1.11 bits per heavy atom. The molecule has 28 heavy (non-hydrogen) atoms. The zero-order chi connectivity index (χ0) is 20.1. The van der Waals surface area contributed by atoms with E-state index in [2.05, 4.69) is 9.82 Å². The SMILES string of the molecule is CCOC(=O)c1ccn(-c2ccc(NS(=O)(=O)c3ccccc3OC)cc2)n1. The quantitative estimate of drug-likeness (QED) is 0.611. The van der Waals surface area contributed by atoms with Gasteiger partial charge >= 0.3 is 5.97 Å². The van der Waals surface area contributed by atoms with Crippen molar-refractivity contribution in [3.63, 3.8) is 0 Å². The minimum Gasteiger partial charge on any atom is -0.495 e. The summed E-state index contributed by atoms with van der Waals surface area (Å²) in [5.74, 6) is -0.239. The van der Waals surface area contributed by atoms with Crippen LogP contribution in [-0.2, 0) is 14.8 Å². The Balaban J connectivity index is 1.79. The number of sulfonamides is 1. The Morgan fingerprint density at radius 3 is 2.50 bits per heavy atom. The molecule has 0 amide bonds. The molecule has 0 aliphatic carbocycles. The molecule has 1 heterocycles. The molecular formula is C19H19N3O5S. The van der Waals surface area contributed by atoms with E-state index in [9.17, 15) is 13.2 Å². The Bertz CT molecular complexity index is 1070. The molecule has 9 heteroatoms. The van der Waals surface area contributed by atoms with Gasteiger partial charge in [-0.15, -0.1) is 0 Å². The Hall–Kier alpha value is -3.33. The van der Waals surface area contributed by atoms with Crippen LogP contribution in [0, 0.1) is 0 Å². The predicted octanol–water partition coefficient (Wildman–Crippen LogP) is 2.86. The second kappa shape index (κ2) is 8.13. The van der Waals surface area contributed by atoms with Gasteiger partial charge in [0.2, 0.25) is 0 Å². The number of carbonyl (C=O) groups excluding carboxylic acids is 1. The number of ether oxygens (including phenoxy) is 2. The molecule has 0 bridgehead atoms. The van der Waals surface area contributed by atoms with Crippen LogP contribution in [0.5, 0.6) is 5.75 Å². The van der Waals surface area contributed by atoms with Crippen LogP contribution in [0.15, 0.2) is 65.7 Å². The van der Waals surface area contributed by atoms with Gasteiger partial charge in [0.15, 0.2) is 5.69 Å². The van der Waals surface area contributed by atoms with E-state index in [0.29, 0.717) is 11.4 Å². The molecule has 1 aromatic heterocycles. The van der Waals surface area contributed by atoms with Crippen LogP contribution in [0.2, 0.25) is 0 Å². The lowest BCUT2D eigenvalue weighted by Gasteiger charge is -2.11. The van der Waals surface area contributed by atoms with Gasteiger partial charge < -0.3 is 9.47 Å². The van der Waals surface area contributed by atoms with Gasteiger partial charge in [-0.2, -0.15) is 5.10 Å². The maximum atomic E-state index is 12.6. The number of aromatic nitrogens is 2. The van der Waals surface area contributed by atoms with E-state index >= 15 is 0 Å². The molecule has 0 fully saturated rings. The van der Waals surface area contributed by atoms with E-state index < -0.39 is 16.0 Å². The fraction of sp³-hybridized carbons (Fsp3) is 0.158. The molecule has 3 aromatic rings. The number of nitrogens with zero attached hydrogens (tertiary/aromatic N) is 2. The average molecular weight is 401 g/mol. The first-order chi connectivity index (χ1) is 13.4. The maximum absolute atomic E-state index is 12.6. The smallest absolute Gasteiger partial charge is 0.358 e. The van der Waals surface area contributed by atoms with Crippen LogP contribution < -0.4 is 9.46 Å². The number of carbonyl (C=O) groups is 1. The highest BCUT2D eigenvalue weighted by molar-refractivity contribution is 7.92. The lowest BCUT2D eigenvalue weighted by Crippen LogP contribution is -2.14. The maximum Gasteiger partial charge on any atom is 0.358 e. The highest BCUT2D eigenvalue weighted by Crippen LogP contribution is 2.25. The Labute approximate surface area is 162 Å². The third-order valence-corrected chi connectivity index (χ3v) is 5.24. The summed E-state index contributed by atoms with van der Waals surface area (Å²) in [6.45, 7) is 1.99. The molecule has 1 N–H and O–H groups in total. The van der Waals surface area contributed by atoms with Crippen LogP contribution in [0.1, 0.15) is 17.4 Å². The standard InChI is InChI=1S/C19H19N3O5S/c1-3-27-19(23)16-12-13-22(20-16)15-10-8-14(9-11-15)21-28(24,25)18-7-5-4-6-17(18)26-2/h4-13,21H,3H2,1-2H3. The van der Waals surface area contributed by atoms with E-state index in [1.165, 1.54) is 17.9 Å². The summed E-state index contributed by atoms with van der Waals surface area (Å²) in [5, 5.41) is 4.16. The lowest BCUT2D eigenvalue weighted by molar-refractivity contribution is 0.0519. The number of anilines is 1. The Kier molecular flexibility index (Phi) is 5.65. The summed E-state index contributed by atoms with van der Waals surface area (Å²) in [4.78, 5) is 11.8.